The van der Waals surface area contributed by atoms with Gasteiger partial charge in [0.15, 0.2) is 0 Å². The average molecular weight is 483 g/mol. The largest absolute Gasteiger partial charge is 0.325 e. The molecule has 0 saturated heterocycles. The number of hydrogen-bond donors (Lipinski definition) is 1. The van der Waals surface area contributed by atoms with Crippen molar-refractivity contribution in [3.8, 4) is 0 Å². The highest BCUT2D eigenvalue weighted by molar-refractivity contribution is 8.00. The molecule has 1 N–H and O–H groups in total. The fraction of sp³-hybridized carbons (Fsp3) is 0.360. The van der Waals surface area contributed by atoms with Crippen LogP contribution in [0, 0.1) is 17.8 Å². The van der Waals surface area contributed by atoms with Gasteiger partial charge >= 0.3 is 4.87 Å². The molecule has 3 aromatic rings. The number of halogens is 1. The molecule has 5 atom stereocenters. The Hall–Kier alpha value is -2.02. The number of thioether (sulfide) groups is 1. The summed E-state index contributed by atoms with van der Waals surface area (Å²) in [7, 11) is 0. The van der Waals surface area contributed by atoms with Gasteiger partial charge in [-0.1, -0.05) is 53.3 Å². The maximum absolute atomic E-state index is 13.1. The van der Waals surface area contributed by atoms with Crippen molar-refractivity contribution in [2.24, 2.45) is 17.8 Å². The molecule has 0 spiro atoms. The predicted molar refractivity (Wildman–Crippen MR) is 131 cm³/mol. The topological polar surface area (TPSA) is 51.1 Å². The molecule has 164 valence electrons. The first-order chi connectivity index (χ1) is 15.6. The summed E-state index contributed by atoms with van der Waals surface area (Å²) in [5, 5.41) is 5.16. The summed E-state index contributed by atoms with van der Waals surface area (Å²) in [5.74, 6) is 2.02. The number of thiazole rings is 1. The Morgan fingerprint density at radius 2 is 1.81 bits per heavy atom. The van der Waals surface area contributed by atoms with E-state index in [0.717, 1.165) is 26.5 Å². The van der Waals surface area contributed by atoms with Gasteiger partial charge in [0.1, 0.15) is 6.54 Å². The molecular formula is C25H23ClN2O2S2. The standard InChI is InChI=1S/C25H23ClN2O2S2/c26-17-10-8-14(9-11-17)20-21-15-6-7-16(12-15)22(21)31-24-23(20)32-25(30)28(24)13-19(29)27-18-4-2-1-3-5-18/h1-5,8-11,15-16,20-22H,6-7,12-13H2,(H,27,29)/t15-,16+,20-,21-,22+/m1/s1. The van der Waals surface area contributed by atoms with Gasteiger partial charge in [-0.3, -0.25) is 14.2 Å². The normalized spacial score (nSPS) is 27.7. The minimum Gasteiger partial charge on any atom is -0.325 e. The van der Waals surface area contributed by atoms with E-state index in [4.69, 9.17) is 11.6 Å². The number of nitrogens with zero attached hydrogens (tertiary/aromatic N) is 1. The molecular weight excluding hydrogens is 460 g/mol. The molecule has 0 unspecified atom stereocenters. The number of anilines is 1. The summed E-state index contributed by atoms with van der Waals surface area (Å²) in [6.07, 6.45) is 3.87. The van der Waals surface area contributed by atoms with Gasteiger partial charge in [-0.05, 0) is 66.8 Å². The predicted octanol–water partition coefficient (Wildman–Crippen LogP) is 5.85. The van der Waals surface area contributed by atoms with Crippen LogP contribution in [0.3, 0.4) is 0 Å². The maximum atomic E-state index is 13.1. The van der Waals surface area contributed by atoms with E-state index in [2.05, 4.69) is 17.4 Å². The Morgan fingerprint density at radius 3 is 2.59 bits per heavy atom. The zero-order chi connectivity index (χ0) is 21.8. The minimum absolute atomic E-state index is 0.0444. The van der Waals surface area contributed by atoms with Crippen LogP contribution in [0.1, 0.15) is 35.6 Å². The maximum Gasteiger partial charge on any atom is 0.308 e. The number of para-hydroxylation sites is 1. The second kappa shape index (κ2) is 8.08. The molecule has 2 aliphatic carbocycles. The Kier molecular flexibility index (Phi) is 5.20. The summed E-state index contributed by atoms with van der Waals surface area (Å²) >= 11 is 9.36. The van der Waals surface area contributed by atoms with Crippen LogP contribution in [0.15, 0.2) is 64.4 Å². The van der Waals surface area contributed by atoms with Crippen molar-refractivity contribution in [1.82, 2.24) is 4.57 Å². The van der Waals surface area contributed by atoms with Crippen LogP contribution >= 0.6 is 34.7 Å². The molecule has 3 aliphatic rings. The van der Waals surface area contributed by atoms with Gasteiger partial charge in [-0.25, -0.2) is 0 Å². The Morgan fingerprint density at radius 1 is 1.06 bits per heavy atom. The number of fused-ring (bicyclic) bond motifs is 6. The first kappa shape index (κ1) is 20.6. The number of benzene rings is 2. The number of carbonyl (C=O) groups excluding carboxylic acids is 1. The van der Waals surface area contributed by atoms with Crippen molar-refractivity contribution < 1.29 is 4.79 Å². The molecule has 2 heterocycles. The van der Waals surface area contributed by atoms with Crippen molar-refractivity contribution in [2.75, 3.05) is 5.32 Å². The van der Waals surface area contributed by atoms with Crippen molar-refractivity contribution in [3.05, 3.63) is 79.7 Å². The number of aromatic nitrogens is 1. The third kappa shape index (κ3) is 3.44. The molecule has 2 fully saturated rings. The van der Waals surface area contributed by atoms with Crippen LogP contribution in [0.4, 0.5) is 5.69 Å². The summed E-state index contributed by atoms with van der Waals surface area (Å²) in [4.78, 5) is 26.9. The second-order valence-corrected chi connectivity index (χ2v) is 11.7. The molecule has 2 aromatic carbocycles. The van der Waals surface area contributed by atoms with Crippen molar-refractivity contribution in [3.63, 3.8) is 0 Å². The third-order valence-corrected chi connectivity index (χ3v) is 10.4. The smallest absolute Gasteiger partial charge is 0.308 e. The lowest BCUT2D eigenvalue weighted by atomic mass is 9.75. The summed E-state index contributed by atoms with van der Waals surface area (Å²) in [6.45, 7) is 0.0470. The number of amides is 1. The molecule has 1 amide bonds. The van der Waals surface area contributed by atoms with Gasteiger partial charge in [0, 0.05) is 26.8 Å². The van der Waals surface area contributed by atoms with Crippen LogP contribution in [0.25, 0.3) is 0 Å². The monoisotopic (exact) mass is 482 g/mol. The molecule has 32 heavy (non-hydrogen) atoms. The number of hydrogen-bond acceptors (Lipinski definition) is 4. The lowest BCUT2D eigenvalue weighted by molar-refractivity contribution is -0.116. The molecule has 7 heteroatoms. The molecule has 1 aliphatic heterocycles. The van der Waals surface area contributed by atoms with Gasteiger partial charge in [0.2, 0.25) is 5.91 Å². The van der Waals surface area contributed by atoms with E-state index in [1.807, 2.05) is 54.2 Å². The molecule has 4 nitrogen and oxygen atoms in total. The first-order valence-corrected chi connectivity index (χ1v) is 13.2. The Bertz CT molecular complexity index is 1220. The molecule has 0 radical (unpaired) electrons. The lowest BCUT2D eigenvalue weighted by Crippen LogP contribution is -2.34. The van der Waals surface area contributed by atoms with E-state index < -0.39 is 0 Å². The molecule has 1 aromatic heterocycles. The van der Waals surface area contributed by atoms with E-state index in [1.165, 1.54) is 36.2 Å². The highest BCUT2D eigenvalue weighted by Crippen LogP contribution is 2.64. The fourth-order valence-electron chi connectivity index (χ4n) is 6.00. The second-order valence-electron chi connectivity index (χ2n) is 9.06. The molecule has 2 saturated carbocycles. The van der Waals surface area contributed by atoms with Crippen molar-refractivity contribution in [1.29, 1.82) is 0 Å². The van der Waals surface area contributed by atoms with Crippen molar-refractivity contribution in [2.45, 2.75) is 42.0 Å². The third-order valence-electron chi connectivity index (χ3n) is 7.28. The zero-order valence-corrected chi connectivity index (χ0v) is 19.8. The number of carbonyl (C=O) groups is 1. The highest BCUT2D eigenvalue weighted by Gasteiger charge is 2.55. The van der Waals surface area contributed by atoms with Gasteiger partial charge in [0.05, 0.1) is 5.03 Å². The molecule has 2 bridgehead atoms. The van der Waals surface area contributed by atoms with Crippen LogP contribution in [0.2, 0.25) is 5.02 Å². The summed E-state index contributed by atoms with van der Waals surface area (Å²) < 4.78 is 1.70. The summed E-state index contributed by atoms with van der Waals surface area (Å²) in [5.41, 5.74) is 1.98. The van der Waals surface area contributed by atoms with E-state index >= 15 is 0 Å². The Balaban J connectivity index is 1.38. The minimum atomic E-state index is -0.169. The van der Waals surface area contributed by atoms with E-state index in [9.17, 15) is 9.59 Å². The highest BCUT2D eigenvalue weighted by atomic mass is 35.5. The zero-order valence-electron chi connectivity index (χ0n) is 17.4. The van der Waals surface area contributed by atoms with E-state index in [1.54, 1.807) is 4.57 Å². The van der Waals surface area contributed by atoms with Crippen molar-refractivity contribution >= 4 is 46.3 Å². The number of nitrogens with one attached hydrogen (secondary N) is 1. The SMILES string of the molecule is O=C(Cn1c2c(sc1=O)[C@H](c1ccc(Cl)cc1)[C@H]1[C@@H]3CC[C@@H](C3)[C@@H]1S2)Nc1ccccc1. The van der Waals surface area contributed by atoms with Gasteiger partial charge in [-0.2, -0.15) is 0 Å². The summed E-state index contributed by atoms with van der Waals surface area (Å²) in [6, 6.07) is 17.5. The quantitative estimate of drug-likeness (QED) is 0.507. The Labute approximate surface area is 200 Å². The molecule has 6 rings (SSSR count). The van der Waals surface area contributed by atoms with E-state index in [0.29, 0.717) is 17.1 Å². The van der Waals surface area contributed by atoms with Crippen LogP contribution in [-0.4, -0.2) is 15.7 Å². The van der Waals surface area contributed by atoms with Gasteiger partial charge < -0.3 is 5.32 Å². The van der Waals surface area contributed by atoms with Gasteiger partial charge in [0.25, 0.3) is 0 Å². The van der Waals surface area contributed by atoms with E-state index in [-0.39, 0.29) is 23.2 Å². The van der Waals surface area contributed by atoms with Gasteiger partial charge in [-0.15, -0.1) is 11.8 Å². The van der Waals surface area contributed by atoms with Crippen LogP contribution < -0.4 is 10.2 Å². The van der Waals surface area contributed by atoms with Crippen LogP contribution in [0.5, 0.6) is 0 Å². The first-order valence-electron chi connectivity index (χ1n) is 11.1. The average Bonchev–Trinajstić information content (AvgIpc) is 3.48. The lowest BCUT2D eigenvalue weighted by Gasteiger charge is -2.40. The number of rotatable bonds is 4. The fourth-order valence-corrected chi connectivity index (χ4v) is 9.27. The van der Waals surface area contributed by atoms with Crippen LogP contribution in [-0.2, 0) is 11.3 Å².